The number of rotatable bonds is 7. The van der Waals surface area contributed by atoms with Gasteiger partial charge in [-0.25, -0.2) is 13.8 Å². The van der Waals surface area contributed by atoms with Crippen LogP contribution in [0.25, 0.3) is 11.3 Å². The Labute approximate surface area is 186 Å². The zero-order valence-corrected chi connectivity index (χ0v) is 17.9. The van der Waals surface area contributed by atoms with Gasteiger partial charge in [-0.2, -0.15) is 0 Å². The highest BCUT2D eigenvalue weighted by Gasteiger charge is 2.14. The van der Waals surface area contributed by atoms with E-state index in [2.05, 4.69) is 20.6 Å². The van der Waals surface area contributed by atoms with Crippen molar-refractivity contribution in [1.29, 1.82) is 0 Å². The molecule has 0 saturated carbocycles. The molecule has 0 bridgehead atoms. The number of nitrogens with one attached hydrogen (secondary N) is 2. The standard InChI is InChI=1S/C24H25ClF2N4/c25-22-15-29-20(7-6-16-3-2-8-28-13-16)12-21(22)23-4-1-5-24(31-23)30-14-17-9-18(26)11-19(27)10-17/h1,4-5,9-12,15-16,28H,2-3,6-8,13-14H2,(H,30,31)/t16-/m0/s1. The van der Waals surface area contributed by atoms with E-state index in [1.165, 1.54) is 25.0 Å². The predicted molar refractivity (Wildman–Crippen MR) is 120 cm³/mol. The Morgan fingerprint density at radius 2 is 1.97 bits per heavy atom. The maximum atomic E-state index is 13.4. The summed E-state index contributed by atoms with van der Waals surface area (Å²) in [7, 11) is 0. The maximum Gasteiger partial charge on any atom is 0.126 e. The van der Waals surface area contributed by atoms with Crippen LogP contribution < -0.4 is 10.6 Å². The van der Waals surface area contributed by atoms with Gasteiger partial charge in [0.1, 0.15) is 17.5 Å². The van der Waals surface area contributed by atoms with Crippen molar-refractivity contribution in [3.63, 3.8) is 0 Å². The van der Waals surface area contributed by atoms with Gasteiger partial charge in [0.25, 0.3) is 0 Å². The van der Waals surface area contributed by atoms with Gasteiger partial charge >= 0.3 is 0 Å². The van der Waals surface area contributed by atoms with E-state index in [-0.39, 0.29) is 6.54 Å². The molecule has 2 N–H and O–H groups in total. The normalized spacial score (nSPS) is 16.3. The van der Waals surface area contributed by atoms with Crippen molar-refractivity contribution >= 4 is 17.4 Å². The van der Waals surface area contributed by atoms with Gasteiger partial charge in [-0.3, -0.25) is 4.98 Å². The fraction of sp³-hybridized carbons (Fsp3) is 0.333. The first-order chi connectivity index (χ1) is 15.1. The van der Waals surface area contributed by atoms with Gasteiger partial charge in [0.2, 0.25) is 0 Å². The van der Waals surface area contributed by atoms with E-state index in [4.69, 9.17) is 11.6 Å². The Hall–Kier alpha value is -2.57. The van der Waals surface area contributed by atoms with Crippen LogP contribution in [0.2, 0.25) is 5.02 Å². The summed E-state index contributed by atoms with van der Waals surface area (Å²) in [5.41, 5.74) is 3.06. The Balaban J connectivity index is 1.46. The van der Waals surface area contributed by atoms with Gasteiger partial charge in [0.15, 0.2) is 0 Å². The molecular formula is C24H25ClF2N4. The predicted octanol–water partition coefficient (Wildman–Crippen LogP) is 5.62. The lowest BCUT2D eigenvalue weighted by Crippen LogP contribution is -2.29. The Kier molecular flexibility index (Phi) is 7.10. The van der Waals surface area contributed by atoms with Crippen molar-refractivity contribution in [2.45, 2.75) is 32.2 Å². The number of halogens is 3. The van der Waals surface area contributed by atoms with Crippen molar-refractivity contribution in [3.8, 4) is 11.3 Å². The highest BCUT2D eigenvalue weighted by Crippen LogP contribution is 2.28. The lowest BCUT2D eigenvalue weighted by Gasteiger charge is -2.22. The number of hydrogen-bond acceptors (Lipinski definition) is 4. The number of aromatic nitrogens is 2. The third-order valence-electron chi connectivity index (χ3n) is 5.54. The first-order valence-electron chi connectivity index (χ1n) is 10.6. The van der Waals surface area contributed by atoms with Gasteiger partial charge in [-0.1, -0.05) is 17.7 Å². The quantitative estimate of drug-likeness (QED) is 0.498. The summed E-state index contributed by atoms with van der Waals surface area (Å²) in [4.78, 5) is 9.13. The van der Waals surface area contributed by atoms with Crippen LogP contribution in [-0.4, -0.2) is 23.1 Å². The second-order valence-corrected chi connectivity index (χ2v) is 8.35. The van der Waals surface area contributed by atoms with E-state index < -0.39 is 11.6 Å². The molecule has 0 spiro atoms. The molecule has 0 aliphatic carbocycles. The van der Waals surface area contributed by atoms with Gasteiger partial charge in [0, 0.05) is 30.1 Å². The number of aryl methyl sites for hydroxylation is 1. The van der Waals surface area contributed by atoms with Crippen LogP contribution in [0.1, 0.15) is 30.5 Å². The molecule has 3 aromatic rings. The Morgan fingerprint density at radius 3 is 2.74 bits per heavy atom. The van der Waals surface area contributed by atoms with E-state index in [0.717, 1.165) is 48.9 Å². The van der Waals surface area contributed by atoms with Gasteiger partial charge in [-0.05, 0) is 80.6 Å². The molecule has 1 atom stereocenters. The summed E-state index contributed by atoms with van der Waals surface area (Å²) < 4.78 is 26.8. The lowest BCUT2D eigenvalue weighted by atomic mass is 9.93. The Bertz CT molecular complexity index is 1020. The molecule has 3 heterocycles. The summed E-state index contributed by atoms with van der Waals surface area (Å²) in [6.07, 6.45) is 6.18. The molecule has 1 fully saturated rings. The van der Waals surface area contributed by atoms with E-state index in [1.807, 2.05) is 24.3 Å². The number of piperidine rings is 1. The highest BCUT2D eigenvalue weighted by molar-refractivity contribution is 6.33. The first kappa shape index (κ1) is 21.7. The minimum absolute atomic E-state index is 0.260. The third-order valence-corrected chi connectivity index (χ3v) is 5.84. The molecule has 31 heavy (non-hydrogen) atoms. The van der Waals surface area contributed by atoms with Gasteiger partial charge in [-0.15, -0.1) is 0 Å². The van der Waals surface area contributed by atoms with Crippen molar-refractivity contribution in [1.82, 2.24) is 15.3 Å². The number of hydrogen-bond donors (Lipinski definition) is 2. The fourth-order valence-electron chi connectivity index (χ4n) is 3.93. The van der Waals surface area contributed by atoms with Crippen LogP contribution in [0.5, 0.6) is 0 Å². The van der Waals surface area contributed by atoms with Crippen LogP contribution in [0, 0.1) is 17.6 Å². The van der Waals surface area contributed by atoms with Crippen LogP contribution in [-0.2, 0) is 13.0 Å². The average Bonchev–Trinajstić information content (AvgIpc) is 2.77. The molecule has 0 radical (unpaired) electrons. The molecule has 1 aliphatic heterocycles. The van der Waals surface area contributed by atoms with Crippen molar-refractivity contribution < 1.29 is 8.78 Å². The number of anilines is 1. The van der Waals surface area contributed by atoms with Crippen LogP contribution >= 0.6 is 11.6 Å². The Morgan fingerprint density at radius 1 is 1.13 bits per heavy atom. The summed E-state index contributed by atoms with van der Waals surface area (Å²) in [6, 6.07) is 11.0. The molecular weight excluding hydrogens is 418 g/mol. The van der Waals surface area contributed by atoms with Crippen molar-refractivity contribution in [3.05, 3.63) is 76.6 Å². The topological polar surface area (TPSA) is 49.8 Å². The fourth-order valence-corrected chi connectivity index (χ4v) is 4.13. The second-order valence-electron chi connectivity index (χ2n) is 7.95. The minimum atomic E-state index is -0.599. The highest BCUT2D eigenvalue weighted by atomic mass is 35.5. The molecule has 2 aromatic heterocycles. The van der Waals surface area contributed by atoms with Crippen molar-refractivity contribution in [2.75, 3.05) is 18.4 Å². The molecule has 1 aromatic carbocycles. The third kappa shape index (κ3) is 5.99. The van der Waals surface area contributed by atoms with E-state index in [0.29, 0.717) is 22.3 Å². The molecule has 162 valence electrons. The first-order valence-corrected chi connectivity index (χ1v) is 11.0. The number of nitrogens with zero attached hydrogens (tertiary/aromatic N) is 2. The monoisotopic (exact) mass is 442 g/mol. The summed E-state index contributed by atoms with van der Waals surface area (Å²) in [5, 5.41) is 7.11. The maximum absolute atomic E-state index is 13.4. The summed E-state index contributed by atoms with van der Waals surface area (Å²) in [5.74, 6) is 0.0927. The molecule has 0 amide bonds. The van der Waals surface area contributed by atoms with Crippen molar-refractivity contribution in [2.24, 2.45) is 5.92 Å². The van der Waals surface area contributed by atoms with Gasteiger partial charge < -0.3 is 10.6 Å². The molecule has 1 saturated heterocycles. The van der Waals surface area contributed by atoms with Crippen LogP contribution in [0.3, 0.4) is 0 Å². The SMILES string of the molecule is Fc1cc(F)cc(CNc2cccc(-c3cc(CC[C@@H]4CCCNC4)ncc3Cl)n2)c1. The summed E-state index contributed by atoms with van der Waals surface area (Å²) in [6.45, 7) is 2.45. The number of benzene rings is 1. The van der Waals surface area contributed by atoms with Crippen LogP contribution in [0.15, 0.2) is 48.7 Å². The van der Waals surface area contributed by atoms with Gasteiger partial charge in [0.05, 0.1) is 10.7 Å². The zero-order chi connectivity index (χ0) is 21.6. The molecule has 4 rings (SSSR count). The average molecular weight is 443 g/mol. The smallest absolute Gasteiger partial charge is 0.126 e. The molecule has 1 aliphatic rings. The van der Waals surface area contributed by atoms with E-state index in [9.17, 15) is 8.78 Å². The molecule has 4 nitrogen and oxygen atoms in total. The van der Waals surface area contributed by atoms with E-state index >= 15 is 0 Å². The summed E-state index contributed by atoms with van der Waals surface area (Å²) >= 11 is 6.42. The lowest BCUT2D eigenvalue weighted by molar-refractivity contribution is 0.357. The zero-order valence-electron chi connectivity index (χ0n) is 17.2. The molecule has 0 unspecified atom stereocenters. The second kappa shape index (κ2) is 10.2. The largest absolute Gasteiger partial charge is 0.366 e. The minimum Gasteiger partial charge on any atom is -0.366 e. The number of pyridine rings is 2. The van der Waals surface area contributed by atoms with E-state index in [1.54, 1.807) is 6.20 Å². The van der Waals surface area contributed by atoms with Crippen LogP contribution in [0.4, 0.5) is 14.6 Å². The molecule has 7 heteroatoms.